The normalized spacial score (nSPS) is 19.7. The van der Waals surface area contributed by atoms with Crippen LogP contribution in [0.1, 0.15) is 36.2 Å². The Balaban J connectivity index is 1.87. The number of aryl methyl sites for hydroxylation is 1. The van der Waals surface area contributed by atoms with Gasteiger partial charge in [-0.3, -0.25) is 0 Å². The molecule has 2 aromatic heterocycles. The van der Waals surface area contributed by atoms with Crippen molar-refractivity contribution in [2.24, 2.45) is 5.73 Å². The van der Waals surface area contributed by atoms with Crippen molar-refractivity contribution in [1.82, 2.24) is 9.55 Å². The molecule has 3 heterocycles. The Hall–Kier alpha value is -1.55. The van der Waals surface area contributed by atoms with Crippen LogP contribution in [0, 0.1) is 0 Å². The molecule has 16 heavy (non-hydrogen) atoms. The third kappa shape index (κ3) is 1.65. The summed E-state index contributed by atoms with van der Waals surface area (Å²) in [6, 6.07) is 3.97. The molecule has 1 aliphatic rings. The van der Waals surface area contributed by atoms with Gasteiger partial charge in [-0.05, 0) is 25.0 Å². The Morgan fingerprint density at radius 1 is 1.56 bits per heavy atom. The first-order valence-corrected chi connectivity index (χ1v) is 5.67. The SMILES string of the molecule is NC1CCCn2cc(Cc3ccco3)nc21. The topological polar surface area (TPSA) is 57.0 Å². The monoisotopic (exact) mass is 217 g/mol. The molecule has 1 atom stereocenters. The van der Waals surface area contributed by atoms with E-state index in [1.165, 1.54) is 0 Å². The van der Waals surface area contributed by atoms with Gasteiger partial charge < -0.3 is 14.7 Å². The molecule has 0 bridgehead atoms. The van der Waals surface area contributed by atoms with Crippen LogP contribution in [-0.2, 0) is 13.0 Å². The largest absolute Gasteiger partial charge is 0.469 e. The summed E-state index contributed by atoms with van der Waals surface area (Å²) in [6.45, 7) is 1.04. The lowest BCUT2D eigenvalue weighted by Gasteiger charge is -2.19. The number of hydrogen-bond donors (Lipinski definition) is 1. The molecular formula is C12H15N3O. The highest BCUT2D eigenvalue weighted by atomic mass is 16.3. The first kappa shape index (κ1) is 9.66. The van der Waals surface area contributed by atoms with Gasteiger partial charge in [-0.2, -0.15) is 0 Å². The van der Waals surface area contributed by atoms with Gasteiger partial charge in [-0.15, -0.1) is 0 Å². The summed E-state index contributed by atoms with van der Waals surface area (Å²) in [5, 5.41) is 0. The zero-order valence-electron chi connectivity index (χ0n) is 9.10. The summed E-state index contributed by atoms with van der Waals surface area (Å²) in [4.78, 5) is 4.58. The molecule has 84 valence electrons. The molecule has 1 aliphatic heterocycles. The maximum Gasteiger partial charge on any atom is 0.125 e. The number of furan rings is 1. The number of fused-ring (bicyclic) bond motifs is 1. The maximum absolute atomic E-state index is 6.03. The van der Waals surface area contributed by atoms with Gasteiger partial charge in [-0.1, -0.05) is 0 Å². The van der Waals surface area contributed by atoms with Gasteiger partial charge in [0.15, 0.2) is 0 Å². The fourth-order valence-corrected chi connectivity index (χ4v) is 2.25. The molecule has 2 N–H and O–H groups in total. The van der Waals surface area contributed by atoms with Gasteiger partial charge in [0.2, 0.25) is 0 Å². The van der Waals surface area contributed by atoms with Gasteiger partial charge in [0.25, 0.3) is 0 Å². The molecular weight excluding hydrogens is 202 g/mol. The number of nitrogens with zero attached hydrogens (tertiary/aromatic N) is 2. The molecule has 4 nitrogen and oxygen atoms in total. The average molecular weight is 217 g/mol. The van der Waals surface area contributed by atoms with Crippen molar-refractivity contribution in [3.63, 3.8) is 0 Å². The number of nitrogens with two attached hydrogens (primary N) is 1. The van der Waals surface area contributed by atoms with Crippen LogP contribution < -0.4 is 5.73 Å². The third-order valence-corrected chi connectivity index (χ3v) is 3.04. The molecule has 4 heteroatoms. The Morgan fingerprint density at radius 3 is 3.25 bits per heavy atom. The molecule has 0 saturated heterocycles. The molecule has 3 rings (SSSR count). The zero-order valence-corrected chi connectivity index (χ0v) is 9.10. The van der Waals surface area contributed by atoms with Crippen molar-refractivity contribution in [2.45, 2.75) is 31.8 Å². The lowest BCUT2D eigenvalue weighted by atomic mass is 10.1. The maximum atomic E-state index is 6.03. The minimum Gasteiger partial charge on any atom is -0.469 e. The zero-order chi connectivity index (χ0) is 11.0. The number of hydrogen-bond acceptors (Lipinski definition) is 3. The predicted octanol–water partition coefficient (Wildman–Crippen LogP) is 1.86. The minimum atomic E-state index is 0.0964. The predicted molar refractivity (Wildman–Crippen MR) is 59.9 cm³/mol. The van der Waals surface area contributed by atoms with Gasteiger partial charge in [0, 0.05) is 19.2 Å². The van der Waals surface area contributed by atoms with Crippen LogP contribution in [0.4, 0.5) is 0 Å². The second kappa shape index (κ2) is 3.79. The summed E-state index contributed by atoms with van der Waals surface area (Å²) < 4.78 is 7.49. The van der Waals surface area contributed by atoms with E-state index in [0.29, 0.717) is 0 Å². The van der Waals surface area contributed by atoms with Gasteiger partial charge in [0.1, 0.15) is 11.6 Å². The highest BCUT2D eigenvalue weighted by Gasteiger charge is 2.19. The van der Waals surface area contributed by atoms with E-state index in [2.05, 4.69) is 15.7 Å². The highest BCUT2D eigenvalue weighted by molar-refractivity contribution is 5.15. The van der Waals surface area contributed by atoms with E-state index >= 15 is 0 Å². The van der Waals surface area contributed by atoms with E-state index in [4.69, 9.17) is 10.2 Å². The van der Waals surface area contributed by atoms with Crippen molar-refractivity contribution in [2.75, 3.05) is 0 Å². The second-order valence-corrected chi connectivity index (χ2v) is 4.29. The standard InChI is InChI=1S/C12H15N3O/c13-11-4-1-5-15-8-9(14-12(11)15)7-10-3-2-6-16-10/h2-3,6,8,11H,1,4-5,7,13H2. The fourth-order valence-electron chi connectivity index (χ4n) is 2.25. The van der Waals surface area contributed by atoms with Crippen LogP contribution in [0.5, 0.6) is 0 Å². The van der Waals surface area contributed by atoms with E-state index in [0.717, 1.165) is 43.1 Å². The lowest BCUT2D eigenvalue weighted by Crippen LogP contribution is -2.21. The summed E-state index contributed by atoms with van der Waals surface area (Å²) >= 11 is 0. The molecule has 0 radical (unpaired) electrons. The minimum absolute atomic E-state index is 0.0964. The molecule has 1 unspecified atom stereocenters. The average Bonchev–Trinajstić information content (AvgIpc) is 2.88. The Labute approximate surface area is 94.1 Å². The summed E-state index contributed by atoms with van der Waals surface area (Å²) in [5.74, 6) is 1.97. The molecule has 2 aromatic rings. The highest BCUT2D eigenvalue weighted by Crippen LogP contribution is 2.23. The summed E-state index contributed by atoms with van der Waals surface area (Å²) in [7, 11) is 0. The van der Waals surface area contributed by atoms with Crippen LogP contribution >= 0.6 is 0 Å². The van der Waals surface area contributed by atoms with Crippen LogP contribution in [0.2, 0.25) is 0 Å². The molecule has 0 aliphatic carbocycles. The Bertz CT molecular complexity index is 472. The van der Waals surface area contributed by atoms with Crippen molar-refractivity contribution in [3.05, 3.63) is 41.9 Å². The van der Waals surface area contributed by atoms with Crippen molar-refractivity contribution < 1.29 is 4.42 Å². The van der Waals surface area contributed by atoms with E-state index in [1.54, 1.807) is 6.26 Å². The van der Waals surface area contributed by atoms with Crippen molar-refractivity contribution in [1.29, 1.82) is 0 Å². The van der Waals surface area contributed by atoms with Crippen LogP contribution in [0.15, 0.2) is 29.0 Å². The smallest absolute Gasteiger partial charge is 0.125 e. The van der Waals surface area contributed by atoms with Gasteiger partial charge in [0.05, 0.1) is 18.0 Å². The molecule has 0 aromatic carbocycles. The van der Waals surface area contributed by atoms with E-state index in [-0.39, 0.29) is 6.04 Å². The quantitative estimate of drug-likeness (QED) is 0.835. The second-order valence-electron chi connectivity index (χ2n) is 4.29. The molecule has 0 amide bonds. The number of rotatable bonds is 2. The molecule has 0 fully saturated rings. The van der Waals surface area contributed by atoms with Crippen LogP contribution in [0.25, 0.3) is 0 Å². The van der Waals surface area contributed by atoms with Crippen LogP contribution in [-0.4, -0.2) is 9.55 Å². The van der Waals surface area contributed by atoms with Crippen LogP contribution in [0.3, 0.4) is 0 Å². The summed E-state index contributed by atoms with van der Waals surface area (Å²) in [6.07, 6.45) is 6.72. The van der Waals surface area contributed by atoms with Gasteiger partial charge in [-0.25, -0.2) is 4.98 Å². The van der Waals surface area contributed by atoms with E-state index in [1.807, 2.05) is 12.1 Å². The fraction of sp³-hybridized carbons (Fsp3) is 0.417. The third-order valence-electron chi connectivity index (χ3n) is 3.04. The first-order valence-electron chi connectivity index (χ1n) is 5.67. The van der Waals surface area contributed by atoms with E-state index < -0.39 is 0 Å². The van der Waals surface area contributed by atoms with Crippen molar-refractivity contribution >= 4 is 0 Å². The van der Waals surface area contributed by atoms with Crippen molar-refractivity contribution in [3.8, 4) is 0 Å². The first-order chi connectivity index (χ1) is 7.83. The summed E-state index contributed by atoms with van der Waals surface area (Å²) in [5.41, 5.74) is 7.07. The number of imidazole rings is 1. The molecule has 0 saturated carbocycles. The van der Waals surface area contributed by atoms with E-state index in [9.17, 15) is 0 Å². The number of aromatic nitrogens is 2. The molecule has 0 spiro atoms. The van der Waals surface area contributed by atoms with Gasteiger partial charge >= 0.3 is 0 Å². The lowest BCUT2D eigenvalue weighted by molar-refractivity contribution is 0.451. The Morgan fingerprint density at radius 2 is 2.50 bits per heavy atom. The Kier molecular flexibility index (Phi) is 2.29.